The van der Waals surface area contributed by atoms with Gasteiger partial charge >= 0.3 is 12.0 Å². The SMILES string of the molecule is C=C(CN1CCN(C)CC1)CN(CCC(c1ccccc1)c1ccccc1)C(=O)Nc1cccc(C(=O)OC)c1. The molecule has 1 aliphatic heterocycles. The largest absolute Gasteiger partial charge is 0.465 e. The third-order valence-corrected chi connectivity index (χ3v) is 7.37. The van der Waals surface area contributed by atoms with Crippen molar-refractivity contribution in [2.24, 2.45) is 0 Å². The van der Waals surface area contributed by atoms with Gasteiger partial charge in [0.15, 0.2) is 0 Å². The summed E-state index contributed by atoms with van der Waals surface area (Å²) in [6, 6.07) is 27.5. The number of nitrogens with one attached hydrogen (secondary N) is 1. The van der Waals surface area contributed by atoms with Gasteiger partial charge in [-0.25, -0.2) is 9.59 Å². The van der Waals surface area contributed by atoms with Crippen LogP contribution in [-0.2, 0) is 4.74 Å². The third kappa shape index (κ3) is 8.28. The average molecular weight is 541 g/mol. The van der Waals surface area contributed by atoms with Crippen molar-refractivity contribution in [1.82, 2.24) is 14.7 Å². The highest BCUT2D eigenvalue weighted by Gasteiger charge is 2.22. The first-order valence-corrected chi connectivity index (χ1v) is 13.8. The number of anilines is 1. The molecule has 0 saturated carbocycles. The molecule has 0 unspecified atom stereocenters. The van der Waals surface area contributed by atoms with Crippen molar-refractivity contribution in [1.29, 1.82) is 0 Å². The zero-order chi connectivity index (χ0) is 28.3. The van der Waals surface area contributed by atoms with Gasteiger partial charge < -0.3 is 19.9 Å². The maximum absolute atomic E-state index is 13.7. The number of methoxy groups -OCH3 is 1. The summed E-state index contributed by atoms with van der Waals surface area (Å²) in [7, 11) is 3.49. The summed E-state index contributed by atoms with van der Waals surface area (Å²) in [5, 5.41) is 3.00. The van der Waals surface area contributed by atoms with Crippen molar-refractivity contribution < 1.29 is 14.3 Å². The van der Waals surface area contributed by atoms with Gasteiger partial charge in [-0.15, -0.1) is 0 Å². The van der Waals surface area contributed by atoms with Gasteiger partial charge in [-0.05, 0) is 48.4 Å². The molecule has 0 aliphatic carbocycles. The number of likely N-dealkylation sites (N-methyl/N-ethyl adjacent to an activating group) is 1. The lowest BCUT2D eigenvalue weighted by molar-refractivity contribution is 0.0600. The number of carbonyl (C=O) groups is 2. The fourth-order valence-electron chi connectivity index (χ4n) is 5.12. The van der Waals surface area contributed by atoms with Crippen LogP contribution >= 0.6 is 0 Å². The van der Waals surface area contributed by atoms with Gasteiger partial charge in [0.25, 0.3) is 0 Å². The van der Waals surface area contributed by atoms with E-state index in [0.29, 0.717) is 24.3 Å². The molecule has 210 valence electrons. The Labute approximate surface area is 238 Å². The number of urea groups is 1. The number of amides is 2. The van der Waals surface area contributed by atoms with Crippen LogP contribution in [-0.4, -0.2) is 86.7 Å². The monoisotopic (exact) mass is 540 g/mol. The molecule has 7 nitrogen and oxygen atoms in total. The molecule has 0 bridgehead atoms. The zero-order valence-electron chi connectivity index (χ0n) is 23.6. The van der Waals surface area contributed by atoms with Crippen LogP contribution in [0.3, 0.4) is 0 Å². The highest BCUT2D eigenvalue weighted by atomic mass is 16.5. The topological polar surface area (TPSA) is 65.1 Å². The summed E-state index contributed by atoms with van der Waals surface area (Å²) in [5.41, 5.74) is 4.37. The predicted octanol–water partition coefficient (Wildman–Crippen LogP) is 5.33. The van der Waals surface area contributed by atoms with Crippen LogP contribution < -0.4 is 5.32 Å². The fourth-order valence-corrected chi connectivity index (χ4v) is 5.12. The Kier molecular flexibility index (Phi) is 10.5. The molecule has 0 aromatic heterocycles. The molecule has 3 aromatic carbocycles. The number of hydrogen-bond acceptors (Lipinski definition) is 5. The Morgan fingerprint density at radius 2 is 1.55 bits per heavy atom. The van der Waals surface area contributed by atoms with Crippen LogP contribution in [0.15, 0.2) is 97.1 Å². The number of ether oxygens (including phenoxy) is 1. The molecule has 3 aromatic rings. The first kappa shape index (κ1) is 29.1. The van der Waals surface area contributed by atoms with Gasteiger partial charge in [0.1, 0.15) is 0 Å². The average Bonchev–Trinajstić information content (AvgIpc) is 2.98. The number of nitrogens with zero attached hydrogens (tertiary/aromatic N) is 3. The molecule has 0 atom stereocenters. The standard InChI is InChI=1S/C33H40N4O3/c1-26(24-36-21-19-35(2)20-22-36)25-37(33(39)34-30-16-10-15-29(23-30)32(38)40-3)18-17-31(27-11-6-4-7-12-27)28-13-8-5-9-14-28/h4-16,23,31H,1,17-22,24-25H2,2-3H3,(H,34,39). The summed E-state index contributed by atoms with van der Waals surface area (Å²) in [6.45, 7) is 10.1. The lowest BCUT2D eigenvalue weighted by Crippen LogP contribution is -2.46. The Balaban J connectivity index is 1.51. The van der Waals surface area contributed by atoms with Crippen molar-refractivity contribution in [3.05, 3.63) is 114 Å². The van der Waals surface area contributed by atoms with Gasteiger partial charge in [-0.2, -0.15) is 0 Å². The third-order valence-electron chi connectivity index (χ3n) is 7.37. The number of piperazine rings is 1. The highest BCUT2D eigenvalue weighted by molar-refractivity contribution is 5.94. The van der Waals surface area contributed by atoms with Crippen LogP contribution in [0.1, 0.15) is 33.8 Å². The Morgan fingerprint density at radius 1 is 0.925 bits per heavy atom. The molecular formula is C33H40N4O3. The normalized spacial score (nSPS) is 14.1. The minimum absolute atomic E-state index is 0.145. The maximum atomic E-state index is 13.7. The van der Waals surface area contributed by atoms with Gasteiger partial charge in [0.2, 0.25) is 0 Å². The predicted molar refractivity (Wildman–Crippen MR) is 161 cm³/mol. The van der Waals surface area contributed by atoms with Crippen LogP contribution in [0.5, 0.6) is 0 Å². The van der Waals surface area contributed by atoms with Crippen molar-refractivity contribution >= 4 is 17.7 Å². The van der Waals surface area contributed by atoms with Crippen molar-refractivity contribution in [2.75, 3.05) is 65.3 Å². The number of carbonyl (C=O) groups excluding carboxylic acids is 2. The molecule has 0 radical (unpaired) electrons. The van der Waals surface area contributed by atoms with Crippen molar-refractivity contribution in [3.63, 3.8) is 0 Å². The van der Waals surface area contributed by atoms with Crippen molar-refractivity contribution in [3.8, 4) is 0 Å². The molecule has 1 N–H and O–H groups in total. The minimum Gasteiger partial charge on any atom is -0.465 e. The smallest absolute Gasteiger partial charge is 0.337 e. The van der Waals surface area contributed by atoms with E-state index in [1.54, 1.807) is 24.3 Å². The lowest BCUT2D eigenvalue weighted by Gasteiger charge is -2.34. The second-order valence-corrected chi connectivity index (χ2v) is 10.4. The van der Waals surface area contributed by atoms with E-state index in [9.17, 15) is 9.59 Å². The van der Waals surface area contributed by atoms with E-state index in [1.165, 1.54) is 18.2 Å². The van der Waals surface area contributed by atoms with E-state index in [-0.39, 0.29) is 11.9 Å². The molecule has 1 fully saturated rings. The molecule has 40 heavy (non-hydrogen) atoms. The van der Waals surface area contributed by atoms with Gasteiger partial charge in [-0.3, -0.25) is 4.90 Å². The molecule has 0 spiro atoms. The molecule has 2 amide bonds. The lowest BCUT2D eigenvalue weighted by atomic mass is 9.88. The van der Waals surface area contributed by atoms with E-state index in [1.807, 2.05) is 17.0 Å². The van der Waals surface area contributed by atoms with Crippen molar-refractivity contribution in [2.45, 2.75) is 12.3 Å². The molecule has 1 saturated heterocycles. The van der Waals surface area contributed by atoms with E-state index >= 15 is 0 Å². The number of hydrogen-bond donors (Lipinski definition) is 1. The Bertz CT molecular complexity index is 1220. The van der Waals surface area contributed by atoms with Gasteiger partial charge in [0.05, 0.1) is 12.7 Å². The molecule has 1 heterocycles. The number of rotatable bonds is 11. The van der Waals surface area contributed by atoms with E-state index in [4.69, 9.17) is 4.74 Å². The van der Waals surface area contributed by atoms with Crippen LogP contribution in [0.25, 0.3) is 0 Å². The molecule has 1 aliphatic rings. The maximum Gasteiger partial charge on any atom is 0.337 e. The van der Waals surface area contributed by atoms with Crippen LogP contribution in [0.2, 0.25) is 0 Å². The van der Waals surface area contributed by atoms with Gasteiger partial charge in [-0.1, -0.05) is 73.3 Å². The first-order valence-electron chi connectivity index (χ1n) is 13.8. The number of benzene rings is 3. The second kappa shape index (κ2) is 14.4. The fraction of sp³-hybridized carbons (Fsp3) is 0.333. The van der Waals surface area contributed by atoms with Crippen LogP contribution in [0, 0.1) is 0 Å². The second-order valence-electron chi connectivity index (χ2n) is 10.4. The summed E-state index contributed by atoms with van der Waals surface area (Å²) in [4.78, 5) is 32.2. The summed E-state index contributed by atoms with van der Waals surface area (Å²) < 4.78 is 4.84. The number of esters is 1. The molecule has 7 heteroatoms. The zero-order valence-corrected chi connectivity index (χ0v) is 23.6. The quantitative estimate of drug-likeness (QED) is 0.263. The van der Waals surface area contributed by atoms with E-state index < -0.39 is 5.97 Å². The summed E-state index contributed by atoms with van der Waals surface area (Å²) >= 11 is 0. The highest BCUT2D eigenvalue weighted by Crippen LogP contribution is 2.28. The van der Waals surface area contributed by atoms with Crippen LogP contribution in [0.4, 0.5) is 10.5 Å². The van der Waals surface area contributed by atoms with E-state index in [2.05, 4.69) is 77.3 Å². The Morgan fingerprint density at radius 3 is 2.15 bits per heavy atom. The Hall–Kier alpha value is -3.94. The molecular weight excluding hydrogens is 500 g/mol. The summed E-state index contributed by atoms with van der Waals surface area (Å²) in [6.07, 6.45) is 0.755. The molecule has 4 rings (SSSR count). The van der Waals surface area contributed by atoms with Gasteiger partial charge in [0, 0.05) is 57.4 Å². The summed E-state index contributed by atoms with van der Waals surface area (Å²) in [5.74, 6) is -0.298. The first-order chi connectivity index (χ1) is 19.4. The van der Waals surface area contributed by atoms with E-state index in [0.717, 1.165) is 44.7 Å². The minimum atomic E-state index is -0.443.